The minimum atomic E-state index is -1.21. The molecule has 0 aliphatic rings. The van der Waals surface area contributed by atoms with Crippen LogP contribution in [-0.2, 0) is 32.3 Å². The Kier molecular flexibility index (Phi) is 9.37. The van der Waals surface area contributed by atoms with E-state index in [0.717, 1.165) is 10.5 Å². The standard InChI is InChI=1S/C23H27N3O6/c1-16(25-20(27)13-12-19(24)22(29)30)21(28)26(14-17-8-4-2-5-9-17)23(31)32-15-18-10-6-3-7-11-18/h2-11,16,19H,12-15,24H2,1H3,(H,25,27)(H,29,30)/t16-,19-/m1/s1. The molecule has 32 heavy (non-hydrogen) atoms. The van der Waals surface area contributed by atoms with E-state index in [1.165, 1.54) is 6.92 Å². The van der Waals surface area contributed by atoms with Gasteiger partial charge < -0.3 is 20.9 Å². The number of hydrogen-bond donors (Lipinski definition) is 3. The van der Waals surface area contributed by atoms with Gasteiger partial charge in [-0.2, -0.15) is 0 Å². The van der Waals surface area contributed by atoms with Crippen LogP contribution in [0, 0.1) is 0 Å². The fourth-order valence-electron chi connectivity index (χ4n) is 2.81. The van der Waals surface area contributed by atoms with Crippen molar-refractivity contribution in [2.24, 2.45) is 5.73 Å². The van der Waals surface area contributed by atoms with E-state index in [0.29, 0.717) is 5.56 Å². The Hall–Kier alpha value is -3.72. The van der Waals surface area contributed by atoms with E-state index in [1.54, 1.807) is 36.4 Å². The lowest BCUT2D eigenvalue weighted by molar-refractivity contribution is -0.139. The summed E-state index contributed by atoms with van der Waals surface area (Å²) < 4.78 is 5.32. The van der Waals surface area contributed by atoms with E-state index in [1.807, 2.05) is 24.3 Å². The Labute approximate surface area is 186 Å². The molecule has 0 heterocycles. The van der Waals surface area contributed by atoms with E-state index < -0.39 is 36.0 Å². The SMILES string of the molecule is C[C@@H](NC(=O)CC[C@@H](N)C(=O)O)C(=O)N(Cc1ccccc1)C(=O)OCc1ccccc1. The van der Waals surface area contributed by atoms with Crippen LogP contribution in [0.5, 0.6) is 0 Å². The first-order chi connectivity index (χ1) is 15.3. The molecule has 170 valence electrons. The summed E-state index contributed by atoms with van der Waals surface area (Å²) in [6, 6.07) is 15.7. The number of carboxylic acids is 1. The normalized spacial score (nSPS) is 12.3. The maximum absolute atomic E-state index is 13.0. The summed E-state index contributed by atoms with van der Waals surface area (Å²) in [4.78, 5) is 49.5. The fourth-order valence-corrected chi connectivity index (χ4v) is 2.81. The minimum absolute atomic E-state index is 0.00788. The van der Waals surface area contributed by atoms with Crippen LogP contribution in [0.3, 0.4) is 0 Å². The van der Waals surface area contributed by atoms with E-state index >= 15 is 0 Å². The van der Waals surface area contributed by atoms with Gasteiger partial charge in [0.05, 0.1) is 6.54 Å². The molecule has 2 atom stereocenters. The average molecular weight is 441 g/mol. The number of carbonyl (C=O) groups excluding carboxylic acids is 3. The van der Waals surface area contributed by atoms with E-state index in [-0.39, 0.29) is 26.0 Å². The second-order valence-electron chi connectivity index (χ2n) is 7.22. The second-order valence-corrected chi connectivity index (χ2v) is 7.22. The van der Waals surface area contributed by atoms with Gasteiger partial charge in [-0.25, -0.2) is 9.69 Å². The molecular weight excluding hydrogens is 414 g/mol. The number of aliphatic carboxylic acids is 1. The van der Waals surface area contributed by atoms with E-state index in [4.69, 9.17) is 15.6 Å². The van der Waals surface area contributed by atoms with Gasteiger partial charge in [-0.3, -0.25) is 14.4 Å². The molecule has 0 aliphatic carbocycles. The van der Waals surface area contributed by atoms with E-state index in [9.17, 15) is 19.2 Å². The summed E-state index contributed by atoms with van der Waals surface area (Å²) in [5, 5.41) is 11.3. The minimum Gasteiger partial charge on any atom is -0.480 e. The predicted molar refractivity (Wildman–Crippen MR) is 116 cm³/mol. The zero-order chi connectivity index (χ0) is 23.5. The zero-order valence-corrected chi connectivity index (χ0v) is 17.8. The van der Waals surface area contributed by atoms with Crippen LogP contribution in [0.15, 0.2) is 60.7 Å². The smallest absolute Gasteiger partial charge is 0.417 e. The van der Waals surface area contributed by atoms with Crippen molar-refractivity contribution in [3.63, 3.8) is 0 Å². The van der Waals surface area contributed by atoms with Crippen molar-refractivity contribution in [3.8, 4) is 0 Å². The number of hydrogen-bond acceptors (Lipinski definition) is 6. The average Bonchev–Trinajstić information content (AvgIpc) is 2.80. The molecule has 2 aromatic rings. The molecule has 0 saturated heterocycles. The van der Waals surface area contributed by atoms with Gasteiger partial charge in [0.2, 0.25) is 5.91 Å². The number of imide groups is 1. The number of nitrogens with one attached hydrogen (secondary N) is 1. The van der Waals surface area contributed by atoms with Gasteiger partial charge in [-0.15, -0.1) is 0 Å². The third-order valence-corrected chi connectivity index (χ3v) is 4.62. The molecule has 0 radical (unpaired) electrons. The van der Waals surface area contributed by atoms with Crippen molar-refractivity contribution in [3.05, 3.63) is 71.8 Å². The third kappa shape index (κ3) is 7.84. The van der Waals surface area contributed by atoms with Crippen molar-refractivity contribution < 1.29 is 29.0 Å². The van der Waals surface area contributed by atoms with Gasteiger partial charge in [0.15, 0.2) is 0 Å². The van der Waals surface area contributed by atoms with Crippen LogP contribution in [0.25, 0.3) is 0 Å². The lowest BCUT2D eigenvalue weighted by Crippen LogP contribution is -2.49. The van der Waals surface area contributed by atoms with Gasteiger partial charge in [0.1, 0.15) is 18.7 Å². The number of ether oxygens (including phenoxy) is 1. The molecular formula is C23H27N3O6. The number of carbonyl (C=O) groups is 4. The topological polar surface area (TPSA) is 139 Å². The molecule has 3 amide bonds. The molecule has 9 nitrogen and oxygen atoms in total. The molecule has 4 N–H and O–H groups in total. The summed E-state index contributed by atoms with van der Waals surface area (Å²) in [5.41, 5.74) is 6.87. The van der Waals surface area contributed by atoms with Crippen molar-refractivity contribution in [2.75, 3.05) is 0 Å². The first-order valence-electron chi connectivity index (χ1n) is 10.1. The first kappa shape index (κ1) is 24.5. The molecule has 0 aromatic heterocycles. The molecule has 2 rings (SSSR count). The highest BCUT2D eigenvalue weighted by atomic mass is 16.6. The summed E-state index contributed by atoms with van der Waals surface area (Å²) in [6.07, 6.45) is -1.08. The molecule has 0 bridgehead atoms. The fraction of sp³-hybridized carbons (Fsp3) is 0.304. The summed E-state index contributed by atoms with van der Waals surface area (Å²) in [5.74, 6) is -2.40. The van der Waals surface area contributed by atoms with Gasteiger partial charge >= 0.3 is 12.1 Å². The number of nitrogens with two attached hydrogens (primary N) is 1. The predicted octanol–water partition coefficient (Wildman–Crippen LogP) is 2.05. The number of rotatable bonds is 10. The highest BCUT2D eigenvalue weighted by molar-refractivity contribution is 5.96. The van der Waals surface area contributed by atoms with Gasteiger partial charge in [-0.05, 0) is 24.5 Å². The molecule has 9 heteroatoms. The first-order valence-corrected chi connectivity index (χ1v) is 10.1. The largest absolute Gasteiger partial charge is 0.480 e. The number of carboxylic acid groups (broad SMARTS) is 1. The maximum Gasteiger partial charge on any atom is 0.417 e. The lowest BCUT2D eigenvalue weighted by atomic mass is 10.1. The van der Waals surface area contributed by atoms with Crippen LogP contribution in [0.2, 0.25) is 0 Å². The molecule has 0 fully saturated rings. The molecule has 0 unspecified atom stereocenters. The molecule has 0 aliphatic heterocycles. The Morgan fingerprint density at radius 1 is 1.00 bits per heavy atom. The quantitative estimate of drug-likeness (QED) is 0.513. The monoisotopic (exact) mass is 441 g/mol. The lowest BCUT2D eigenvalue weighted by Gasteiger charge is -2.24. The van der Waals surface area contributed by atoms with Crippen LogP contribution in [0.4, 0.5) is 4.79 Å². The molecule has 2 aromatic carbocycles. The van der Waals surface area contributed by atoms with Crippen molar-refractivity contribution in [1.82, 2.24) is 10.2 Å². The zero-order valence-electron chi connectivity index (χ0n) is 17.8. The summed E-state index contributed by atoms with van der Waals surface area (Å²) >= 11 is 0. The molecule has 0 saturated carbocycles. The van der Waals surface area contributed by atoms with Crippen molar-refractivity contribution in [1.29, 1.82) is 0 Å². The number of benzene rings is 2. The van der Waals surface area contributed by atoms with Crippen LogP contribution in [-0.4, -0.2) is 46.0 Å². The summed E-state index contributed by atoms with van der Waals surface area (Å²) in [6.45, 7) is 1.41. The van der Waals surface area contributed by atoms with Gasteiger partial charge in [0, 0.05) is 6.42 Å². The van der Waals surface area contributed by atoms with Gasteiger partial charge in [0.25, 0.3) is 5.91 Å². The third-order valence-electron chi connectivity index (χ3n) is 4.62. The number of amides is 3. The highest BCUT2D eigenvalue weighted by Crippen LogP contribution is 2.11. The highest BCUT2D eigenvalue weighted by Gasteiger charge is 2.29. The Morgan fingerprint density at radius 3 is 2.12 bits per heavy atom. The maximum atomic E-state index is 13.0. The molecule has 0 spiro atoms. The van der Waals surface area contributed by atoms with Crippen LogP contribution < -0.4 is 11.1 Å². The number of nitrogens with zero attached hydrogens (tertiary/aromatic N) is 1. The van der Waals surface area contributed by atoms with Crippen LogP contribution >= 0.6 is 0 Å². The Morgan fingerprint density at radius 2 is 1.56 bits per heavy atom. The van der Waals surface area contributed by atoms with Crippen molar-refractivity contribution in [2.45, 2.75) is 45.0 Å². The van der Waals surface area contributed by atoms with Crippen LogP contribution in [0.1, 0.15) is 30.9 Å². The Balaban J connectivity index is 2.04. The Bertz CT molecular complexity index is 920. The van der Waals surface area contributed by atoms with Gasteiger partial charge in [-0.1, -0.05) is 60.7 Å². The summed E-state index contributed by atoms with van der Waals surface area (Å²) in [7, 11) is 0. The van der Waals surface area contributed by atoms with E-state index in [2.05, 4.69) is 5.32 Å². The second kappa shape index (κ2) is 12.2. The van der Waals surface area contributed by atoms with Crippen molar-refractivity contribution >= 4 is 23.9 Å².